The molecule has 1 saturated heterocycles. The van der Waals surface area contributed by atoms with Gasteiger partial charge in [0.15, 0.2) is 0 Å². The lowest BCUT2D eigenvalue weighted by atomic mass is 9.95. The largest absolute Gasteiger partial charge is 0.507 e. The fourth-order valence-corrected chi connectivity index (χ4v) is 3.70. The number of carbonyl (C=O) groups excluding carboxylic acids is 2. The minimum Gasteiger partial charge on any atom is -0.507 e. The molecular formula is C25H19N3O3. The normalized spacial score (nSPS) is 17.5. The van der Waals surface area contributed by atoms with Crippen molar-refractivity contribution < 1.29 is 14.7 Å². The van der Waals surface area contributed by atoms with Crippen LogP contribution in [0.3, 0.4) is 0 Å². The molecule has 0 aliphatic carbocycles. The molecule has 1 unspecified atom stereocenters. The number of carbonyl (C=O) groups is 2. The van der Waals surface area contributed by atoms with E-state index in [2.05, 4.69) is 4.98 Å². The number of aliphatic hydroxyl groups is 1. The molecule has 1 fully saturated rings. The highest BCUT2D eigenvalue weighted by Gasteiger charge is 2.47. The van der Waals surface area contributed by atoms with Gasteiger partial charge >= 0.3 is 0 Å². The minimum absolute atomic E-state index is 0.00612. The number of aliphatic hydroxyl groups excluding tert-OH is 1. The van der Waals surface area contributed by atoms with Crippen LogP contribution in [0.5, 0.6) is 0 Å². The average molecular weight is 409 g/mol. The fourth-order valence-electron chi connectivity index (χ4n) is 3.70. The summed E-state index contributed by atoms with van der Waals surface area (Å²) in [6, 6.07) is 18.3. The van der Waals surface area contributed by atoms with E-state index in [0.717, 1.165) is 12.0 Å². The Balaban J connectivity index is 1.90. The molecular weight excluding hydrogens is 390 g/mol. The van der Waals surface area contributed by atoms with Gasteiger partial charge in [-0.3, -0.25) is 19.5 Å². The number of ketones is 1. The van der Waals surface area contributed by atoms with Crippen LogP contribution in [0.2, 0.25) is 0 Å². The number of anilines is 1. The molecule has 0 radical (unpaired) electrons. The third-order valence-corrected chi connectivity index (χ3v) is 5.35. The summed E-state index contributed by atoms with van der Waals surface area (Å²) in [6.45, 7) is 2.03. The molecule has 0 bridgehead atoms. The Morgan fingerprint density at radius 1 is 1.10 bits per heavy atom. The molecule has 1 atom stereocenters. The van der Waals surface area contributed by atoms with Crippen molar-refractivity contribution in [2.75, 3.05) is 4.90 Å². The average Bonchev–Trinajstić information content (AvgIpc) is 3.09. The van der Waals surface area contributed by atoms with Crippen LogP contribution in [0.25, 0.3) is 5.76 Å². The lowest BCUT2D eigenvalue weighted by Crippen LogP contribution is -2.29. The zero-order chi connectivity index (χ0) is 22.0. The second-order valence-corrected chi connectivity index (χ2v) is 7.16. The quantitative estimate of drug-likeness (QED) is 0.397. The maximum atomic E-state index is 13.1. The van der Waals surface area contributed by atoms with E-state index in [1.807, 2.05) is 25.1 Å². The Bertz CT molecular complexity index is 1210. The zero-order valence-electron chi connectivity index (χ0n) is 16.8. The van der Waals surface area contributed by atoms with Crippen molar-refractivity contribution in [1.82, 2.24) is 4.98 Å². The third kappa shape index (κ3) is 3.58. The summed E-state index contributed by atoms with van der Waals surface area (Å²) >= 11 is 0. The lowest BCUT2D eigenvalue weighted by molar-refractivity contribution is -0.132. The number of hydrogen-bond donors (Lipinski definition) is 1. The monoisotopic (exact) mass is 409 g/mol. The van der Waals surface area contributed by atoms with Crippen molar-refractivity contribution in [3.63, 3.8) is 0 Å². The first kappa shape index (κ1) is 20.0. The molecule has 0 saturated carbocycles. The van der Waals surface area contributed by atoms with E-state index in [9.17, 15) is 14.7 Å². The van der Waals surface area contributed by atoms with Gasteiger partial charge in [-0.1, -0.05) is 37.3 Å². The maximum Gasteiger partial charge on any atom is 0.300 e. The standard InChI is InChI=1S/C25H19N3O3/c1-2-16-5-9-18(10-6-16)23(29)21-22(19-4-3-13-27-15-19)28(25(31)24(21)30)20-11-7-17(14-26)8-12-20/h3-13,15,22,29H,2H2,1H3/b23-21-. The van der Waals surface area contributed by atoms with Crippen molar-refractivity contribution >= 4 is 23.1 Å². The minimum atomic E-state index is -0.840. The number of aryl methyl sites for hydroxylation is 1. The number of nitrogens with zero attached hydrogens (tertiary/aromatic N) is 3. The molecule has 1 aliphatic heterocycles. The van der Waals surface area contributed by atoms with E-state index < -0.39 is 17.7 Å². The highest BCUT2D eigenvalue weighted by molar-refractivity contribution is 6.51. The summed E-state index contributed by atoms with van der Waals surface area (Å²) in [7, 11) is 0. The van der Waals surface area contributed by atoms with Crippen molar-refractivity contribution in [2.24, 2.45) is 0 Å². The molecule has 4 rings (SSSR count). The first-order valence-electron chi connectivity index (χ1n) is 9.85. The molecule has 6 nitrogen and oxygen atoms in total. The van der Waals surface area contributed by atoms with Crippen LogP contribution in [0.4, 0.5) is 5.69 Å². The predicted molar refractivity (Wildman–Crippen MR) is 116 cm³/mol. The van der Waals surface area contributed by atoms with Crippen LogP contribution in [-0.2, 0) is 16.0 Å². The summed E-state index contributed by atoms with van der Waals surface area (Å²) in [4.78, 5) is 31.6. The topological polar surface area (TPSA) is 94.3 Å². The molecule has 6 heteroatoms. The first-order valence-corrected chi connectivity index (χ1v) is 9.85. The van der Waals surface area contributed by atoms with E-state index in [0.29, 0.717) is 22.4 Å². The van der Waals surface area contributed by atoms with E-state index in [1.165, 1.54) is 4.90 Å². The lowest BCUT2D eigenvalue weighted by Gasteiger charge is -2.25. The van der Waals surface area contributed by atoms with Crippen LogP contribution in [0.15, 0.2) is 78.6 Å². The van der Waals surface area contributed by atoms with Crippen molar-refractivity contribution in [3.8, 4) is 6.07 Å². The van der Waals surface area contributed by atoms with Gasteiger partial charge < -0.3 is 5.11 Å². The van der Waals surface area contributed by atoms with Crippen molar-refractivity contribution in [2.45, 2.75) is 19.4 Å². The van der Waals surface area contributed by atoms with E-state index in [4.69, 9.17) is 5.26 Å². The van der Waals surface area contributed by atoms with E-state index in [-0.39, 0.29) is 11.3 Å². The third-order valence-electron chi connectivity index (χ3n) is 5.35. The highest BCUT2D eigenvalue weighted by atomic mass is 16.3. The number of aromatic nitrogens is 1. The van der Waals surface area contributed by atoms with Gasteiger partial charge in [-0.2, -0.15) is 5.26 Å². The van der Waals surface area contributed by atoms with Crippen LogP contribution in [0.1, 0.15) is 35.2 Å². The van der Waals surface area contributed by atoms with Crippen molar-refractivity contribution in [3.05, 3.63) is 101 Å². The molecule has 1 aromatic heterocycles. The Morgan fingerprint density at radius 2 is 1.81 bits per heavy atom. The summed E-state index contributed by atoms with van der Waals surface area (Å²) in [5.74, 6) is -1.74. The Kier molecular flexibility index (Phi) is 5.33. The van der Waals surface area contributed by atoms with Gasteiger partial charge in [0.25, 0.3) is 11.7 Å². The molecule has 0 spiro atoms. The van der Waals surface area contributed by atoms with Gasteiger partial charge in [0, 0.05) is 23.6 Å². The van der Waals surface area contributed by atoms with Crippen LogP contribution in [-0.4, -0.2) is 21.8 Å². The van der Waals surface area contributed by atoms with Gasteiger partial charge in [-0.15, -0.1) is 0 Å². The summed E-state index contributed by atoms with van der Waals surface area (Å²) in [5, 5.41) is 20.1. The Morgan fingerprint density at radius 3 is 2.39 bits per heavy atom. The molecule has 1 aliphatic rings. The highest BCUT2D eigenvalue weighted by Crippen LogP contribution is 2.41. The number of benzene rings is 2. The number of nitriles is 1. The SMILES string of the molecule is CCc1ccc(/C(O)=C2/C(=O)C(=O)N(c3ccc(C#N)cc3)C2c2cccnc2)cc1. The zero-order valence-corrected chi connectivity index (χ0v) is 16.8. The van der Waals surface area contributed by atoms with Crippen molar-refractivity contribution in [1.29, 1.82) is 5.26 Å². The number of pyridine rings is 1. The number of amides is 1. The summed E-state index contributed by atoms with van der Waals surface area (Å²) < 4.78 is 0. The molecule has 3 aromatic rings. The number of hydrogen-bond acceptors (Lipinski definition) is 5. The van der Waals surface area contributed by atoms with E-state index in [1.54, 1.807) is 60.9 Å². The first-order chi connectivity index (χ1) is 15.0. The molecule has 2 heterocycles. The molecule has 2 aromatic carbocycles. The second kappa shape index (κ2) is 8.25. The summed E-state index contributed by atoms with van der Waals surface area (Å²) in [6.07, 6.45) is 4.02. The van der Waals surface area contributed by atoms with Gasteiger partial charge in [0.2, 0.25) is 0 Å². The van der Waals surface area contributed by atoms with Crippen LogP contribution in [0, 0.1) is 11.3 Å². The van der Waals surface area contributed by atoms with Gasteiger partial charge in [0.05, 0.1) is 23.2 Å². The van der Waals surface area contributed by atoms with Crippen LogP contribution < -0.4 is 4.90 Å². The Hall–Kier alpha value is -4.24. The fraction of sp³-hybridized carbons (Fsp3) is 0.120. The number of rotatable bonds is 4. The molecule has 31 heavy (non-hydrogen) atoms. The van der Waals surface area contributed by atoms with E-state index >= 15 is 0 Å². The summed E-state index contributed by atoms with van der Waals surface area (Å²) in [5.41, 5.74) is 3.05. The van der Waals surface area contributed by atoms with Gasteiger partial charge in [-0.05, 0) is 47.9 Å². The maximum absolute atomic E-state index is 13.1. The molecule has 1 N–H and O–H groups in total. The van der Waals surface area contributed by atoms with Gasteiger partial charge in [0.1, 0.15) is 5.76 Å². The second-order valence-electron chi connectivity index (χ2n) is 7.16. The predicted octanol–water partition coefficient (Wildman–Crippen LogP) is 4.14. The number of Topliss-reactive ketones (excluding diaryl/α,β-unsaturated/α-hetero) is 1. The van der Waals surface area contributed by atoms with Gasteiger partial charge in [-0.25, -0.2) is 0 Å². The Labute approximate surface area is 179 Å². The van der Waals surface area contributed by atoms with Crippen LogP contribution >= 0.6 is 0 Å². The molecule has 152 valence electrons. The molecule has 1 amide bonds. The smallest absolute Gasteiger partial charge is 0.300 e.